The van der Waals surface area contributed by atoms with Crippen molar-refractivity contribution in [3.8, 4) is 0 Å². The van der Waals surface area contributed by atoms with Crippen molar-refractivity contribution in [1.29, 1.82) is 0 Å². The largest absolute Gasteiger partial charge is 0.354 e. The van der Waals surface area contributed by atoms with Crippen molar-refractivity contribution in [2.75, 3.05) is 69.2 Å². The number of carbonyl (C=O) groups excluding carboxylic acids is 1. The number of hydrogen-bond acceptors (Lipinski definition) is 6. The van der Waals surface area contributed by atoms with Gasteiger partial charge < -0.3 is 19.6 Å². The summed E-state index contributed by atoms with van der Waals surface area (Å²) in [6.45, 7) is 8.55. The minimum absolute atomic E-state index is 0.0308. The van der Waals surface area contributed by atoms with Crippen LogP contribution in [0.4, 0.5) is 16.0 Å². The smallest absolute Gasteiger partial charge is 0.227 e. The zero-order chi connectivity index (χ0) is 21.1. The number of carbonyl (C=O) groups is 1. The SMILES string of the molecule is Cc1nc(N2CCN(C)CC2)cc(N2CCN(C(=O)Cc3ccccc3F)CC2)n1. The first-order chi connectivity index (χ1) is 14.5. The van der Waals surface area contributed by atoms with Crippen LogP contribution in [-0.2, 0) is 11.2 Å². The fourth-order valence-electron chi connectivity index (χ4n) is 4.00. The zero-order valence-corrected chi connectivity index (χ0v) is 17.7. The van der Waals surface area contributed by atoms with Gasteiger partial charge in [-0.05, 0) is 25.6 Å². The molecule has 1 aromatic carbocycles. The van der Waals surface area contributed by atoms with Gasteiger partial charge >= 0.3 is 0 Å². The first-order valence-electron chi connectivity index (χ1n) is 10.5. The third-order valence-corrected chi connectivity index (χ3v) is 5.89. The normalized spacial score (nSPS) is 18.0. The molecule has 0 saturated carbocycles. The standard InChI is InChI=1S/C22H29FN6O/c1-17-24-20(27-9-7-26(2)8-10-27)16-21(25-17)28-11-13-29(14-12-28)22(30)15-18-5-3-4-6-19(18)23/h3-6,16H,7-15H2,1-2H3. The number of nitrogens with zero attached hydrogens (tertiary/aromatic N) is 6. The Bertz CT molecular complexity index is 891. The maximum Gasteiger partial charge on any atom is 0.227 e. The highest BCUT2D eigenvalue weighted by Crippen LogP contribution is 2.22. The van der Waals surface area contributed by atoms with Crippen molar-refractivity contribution in [3.05, 3.63) is 47.5 Å². The third kappa shape index (κ3) is 4.70. The molecule has 0 unspecified atom stereocenters. The molecular formula is C22H29FN6O. The first kappa shape index (κ1) is 20.5. The number of halogens is 1. The minimum Gasteiger partial charge on any atom is -0.354 e. The van der Waals surface area contributed by atoms with Crippen molar-refractivity contribution in [1.82, 2.24) is 19.8 Å². The lowest BCUT2D eigenvalue weighted by molar-refractivity contribution is -0.130. The first-order valence-corrected chi connectivity index (χ1v) is 10.5. The van der Waals surface area contributed by atoms with Gasteiger partial charge in [-0.15, -0.1) is 0 Å². The highest BCUT2D eigenvalue weighted by molar-refractivity contribution is 5.79. The molecule has 2 aliphatic rings. The fraction of sp³-hybridized carbons (Fsp3) is 0.500. The number of aryl methyl sites for hydroxylation is 1. The van der Waals surface area contributed by atoms with Gasteiger partial charge in [0.1, 0.15) is 23.3 Å². The summed E-state index contributed by atoms with van der Waals surface area (Å²) in [5.74, 6) is 2.30. The summed E-state index contributed by atoms with van der Waals surface area (Å²) in [6, 6.07) is 8.54. The molecule has 0 radical (unpaired) electrons. The molecule has 2 saturated heterocycles. The molecule has 0 bridgehead atoms. The Kier molecular flexibility index (Phi) is 6.13. The van der Waals surface area contributed by atoms with Crippen molar-refractivity contribution in [2.45, 2.75) is 13.3 Å². The lowest BCUT2D eigenvalue weighted by atomic mass is 10.1. The van der Waals surface area contributed by atoms with Crippen LogP contribution in [0.3, 0.4) is 0 Å². The van der Waals surface area contributed by atoms with Crippen LogP contribution >= 0.6 is 0 Å². The monoisotopic (exact) mass is 412 g/mol. The maximum absolute atomic E-state index is 13.9. The fourth-order valence-corrected chi connectivity index (χ4v) is 4.00. The number of anilines is 2. The van der Waals surface area contributed by atoms with Crippen LogP contribution in [0.25, 0.3) is 0 Å². The molecule has 30 heavy (non-hydrogen) atoms. The molecule has 2 aromatic rings. The van der Waals surface area contributed by atoms with Crippen LogP contribution in [0.1, 0.15) is 11.4 Å². The van der Waals surface area contributed by atoms with E-state index < -0.39 is 0 Å². The zero-order valence-electron chi connectivity index (χ0n) is 17.7. The number of piperazine rings is 2. The van der Waals surface area contributed by atoms with E-state index in [1.54, 1.807) is 18.2 Å². The van der Waals surface area contributed by atoms with E-state index in [1.807, 2.05) is 11.8 Å². The van der Waals surface area contributed by atoms with Gasteiger partial charge in [-0.2, -0.15) is 0 Å². The predicted molar refractivity (Wildman–Crippen MR) is 115 cm³/mol. The number of likely N-dealkylation sites (N-methyl/N-ethyl adjacent to an activating group) is 1. The maximum atomic E-state index is 13.9. The summed E-state index contributed by atoms with van der Waals surface area (Å²) in [4.78, 5) is 30.6. The molecule has 2 fully saturated rings. The summed E-state index contributed by atoms with van der Waals surface area (Å²) in [7, 11) is 2.14. The van der Waals surface area contributed by atoms with Gasteiger partial charge in [0.25, 0.3) is 0 Å². The molecule has 8 heteroatoms. The number of hydrogen-bond donors (Lipinski definition) is 0. The van der Waals surface area contributed by atoms with Crippen molar-refractivity contribution >= 4 is 17.5 Å². The van der Waals surface area contributed by atoms with E-state index in [-0.39, 0.29) is 18.1 Å². The molecule has 0 spiro atoms. The van der Waals surface area contributed by atoms with Crippen LogP contribution in [0.15, 0.2) is 30.3 Å². The second-order valence-corrected chi connectivity index (χ2v) is 8.06. The summed E-state index contributed by atoms with van der Waals surface area (Å²) < 4.78 is 13.9. The van der Waals surface area contributed by atoms with Gasteiger partial charge in [-0.25, -0.2) is 14.4 Å². The summed E-state index contributed by atoms with van der Waals surface area (Å²) in [5, 5.41) is 0. The average Bonchev–Trinajstić information content (AvgIpc) is 2.75. The van der Waals surface area contributed by atoms with Crippen molar-refractivity contribution < 1.29 is 9.18 Å². The minimum atomic E-state index is -0.322. The Morgan fingerprint density at radius 2 is 1.50 bits per heavy atom. The molecule has 0 N–H and O–H groups in total. The lowest BCUT2D eigenvalue weighted by Crippen LogP contribution is -2.49. The van der Waals surface area contributed by atoms with E-state index in [2.05, 4.69) is 37.8 Å². The average molecular weight is 413 g/mol. The van der Waals surface area contributed by atoms with Crippen molar-refractivity contribution in [3.63, 3.8) is 0 Å². The van der Waals surface area contributed by atoms with Gasteiger partial charge in [-0.3, -0.25) is 4.79 Å². The summed E-state index contributed by atoms with van der Waals surface area (Å²) in [6.07, 6.45) is 0.104. The molecule has 3 heterocycles. The van der Waals surface area contributed by atoms with Gasteiger partial charge in [-0.1, -0.05) is 18.2 Å². The predicted octanol–water partition coefficient (Wildman–Crippen LogP) is 1.57. The van der Waals surface area contributed by atoms with Gasteiger partial charge in [0.2, 0.25) is 5.91 Å². The molecule has 160 valence electrons. The molecular weight excluding hydrogens is 383 g/mol. The molecule has 1 amide bonds. The quantitative estimate of drug-likeness (QED) is 0.760. The lowest BCUT2D eigenvalue weighted by Gasteiger charge is -2.37. The van der Waals surface area contributed by atoms with E-state index in [0.717, 1.165) is 43.6 Å². The Labute approximate surface area is 177 Å². The number of benzene rings is 1. The van der Waals surface area contributed by atoms with Crippen LogP contribution in [0.2, 0.25) is 0 Å². The second-order valence-electron chi connectivity index (χ2n) is 8.06. The van der Waals surface area contributed by atoms with E-state index in [0.29, 0.717) is 31.7 Å². The number of amides is 1. The van der Waals surface area contributed by atoms with Crippen LogP contribution in [0.5, 0.6) is 0 Å². The van der Waals surface area contributed by atoms with Crippen LogP contribution in [-0.4, -0.2) is 85.1 Å². The molecule has 7 nitrogen and oxygen atoms in total. The number of rotatable bonds is 4. The Morgan fingerprint density at radius 3 is 2.10 bits per heavy atom. The molecule has 4 rings (SSSR count). The van der Waals surface area contributed by atoms with E-state index >= 15 is 0 Å². The summed E-state index contributed by atoms with van der Waals surface area (Å²) >= 11 is 0. The molecule has 2 aliphatic heterocycles. The van der Waals surface area contributed by atoms with Gasteiger partial charge in [0.05, 0.1) is 6.42 Å². The van der Waals surface area contributed by atoms with E-state index in [4.69, 9.17) is 0 Å². The van der Waals surface area contributed by atoms with Gasteiger partial charge in [0, 0.05) is 58.4 Å². The van der Waals surface area contributed by atoms with Crippen molar-refractivity contribution in [2.24, 2.45) is 0 Å². The molecule has 0 atom stereocenters. The third-order valence-electron chi connectivity index (χ3n) is 5.89. The highest BCUT2D eigenvalue weighted by Gasteiger charge is 2.24. The molecule has 1 aromatic heterocycles. The van der Waals surface area contributed by atoms with E-state index in [9.17, 15) is 9.18 Å². The topological polar surface area (TPSA) is 55.8 Å². The Morgan fingerprint density at radius 1 is 0.933 bits per heavy atom. The second kappa shape index (κ2) is 8.95. The Hall–Kier alpha value is -2.74. The Balaban J connectivity index is 1.38. The van der Waals surface area contributed by atoms with E-state index in [1.165, 1.54) is 6.07 Å². The number of aromatic nitrogens is 2. The van der Waals surface area contributed by atoms with Gasteiger partial charge in [0.15, 0.2) is 0 Å². The van der Waals surface area contributed by atoms with Crippen LogP contribution in [0, 0.1) is 12.7 Å². The highest BCUT2D eigenvalue weighted by atomic mass is 19.1. The molecule has 0 aliphatic carbocycles. The van der Waals surface area contributed by atoms with Crippen LogP contribution < -0.4 is 9.80 Å². The summed E-state index contributed by atoms with van der Waals surface area (Å²) in [5.41, 5.74) is 0.452.